The zero-order valence-corrected chi connectivity index (χ0v) is 13.4. The summed E-state index contributed by atoms with van der Waals surface area (Å²) < 4.78 is 0. The molecule has 0 bridgehead atoms. The van der Waals surface area contributed by atoms with Crippen LogP contribution in [0.5, 0.6) is 0 Å². The van der Waals surface area contributed by atoms with E-state index in [0.717, 1.165) is 12.2 Å². The van der Waals surface area contributed by atoms with E-state index in [9.17, 15) is 0 Å². The Kier molecular flexibility index (Phi) is 4.05. The number of rotatable bonds is 2. The number of hydrogen-bond acceptors (Lipinski definition) is 2. The van der Waals surface area contributed by atoms with Crippen LogP contribution in [0.25, 0.3) is 5.70 Å². The molecule has 112 valence electrons. The van der Waals surface area contributed by atoms with Gasteiger partial charge in [-0.2, -0.15) is 0 Å². The van der Waals surface area contributed by atoms with Crippen molar-refractivity contribution >= 4 is 11.4 Å². The molecule has 0 unspecified atom stereocenters. The van der Waals surface area contributed by atoms with Gasteiger partial charge in [-0.25, -0.2) is 0 Å². The highest BCUT2D eigenvalue weighted by Gasteiger charge is 2.24. The van der Waals surface area contributed by atoms with Crippen LogP contribution in [-0.2, 0) is 0 Å². The molecular formula is C19H26N2. The van der Waals surface area contributed by atoms with Crippen LogP contribution in [0, 0.1) is 6.92 Å². The second-order valence-electron chi connectivity index (χ2n) is 6.19. The number of benzene rings is 1. The maximum absolute atomic E-state index is 4.28. The van der Waals surface area contributed by atoms with Crippen molar-refractivity contribution in [1.82, 2.24) is 4.90 Å². The summed E-state index contributed by atoms with van der Waals surface area (Å²) in [6.45, 7) is 12.0. The quantitative estimate of drug-likeness (QED) is 0.784. The van der Waals surface area contributed by atoms with Crippen LogP contribution in [0.15, 0.2) is 36.6 Å². The van der Waals surface area contributed by atoms with Gasteiger partial charge in [-0.1, -0.05) is 31.1 Å². The average Bonchev–Trinajstić information content (AvgIpc) is 2.76. The molecule has 2 aliphatic rings. The molecule has 2 heterocycles. The van der Waals surface area contributed by atoms with Crippen LogP contribution in [0.3, 0.4) is 0 Å². The lowest BCUT2D eigenvalue weighted by molar-refractivity contribution is 0.412. The number of hydrogen-bond donors (Lipinski definition) is 0. The number of allylic oxidation sites excluding steroid dienone is 1. The highest BCUT2D eigenvalue weighted by atomic mass is 15.2. The van der Waals surface area contributed by atoms with Gasteiger partial charge in [-0.15, -0.1) is 0 Å². The van der Waals surface area contributed by atoms with Crippen LogP contribution in [-0.4, -0.2) is 24.5 Å². The summed E-state index contributed by atoms with van der Waals surface area (Å²) in [4.78, 5) is 4.89. The molecule has 1 saturated heterocycles. The molecule has 0 N–H and O–H groups in total. The standard InChI is InChI=1S/C19H26N2/c1-4-21-16(3)14-19(20-11-7-5-6-8-12-20)17-13-15(2)9-10-18(17)21/h9-10,13-14H,3-8,11-12H2,1-2H3. The molecule has 2 heteroatoms. The minimum atomic E-state index is 0.971. The van der Waals surface area contributed by atoms with Gasteiger partial charge in [-0.3, -0.25) is 0 Å². The van der Waals surface area contributed by atoms with E-state index in [1.54, 1.807) is 0 Å². The molecule has 0 amide bonds. The summed E-state index contributed by atoms with van der Waals surface area (Å²) in [7, 11) is 0. The molecule has 0 saturated carbocycles. The minimum absolute atomic E-state index is 0.971. The second kappa shape index (κ2) is 5.97. The fourth-order valence-corrected chi connectivity index (χ4v) is 3.51. The lowest BCUT2D eigenvalue weighted by Crippen LogP contribution is -2.30. The molecule has 0 aromatic heterocycles. The Morgan fingerprint density at radius 2 is 1.81 bits per heavy atom. The van der Waals surface area contributed by atoms with E-state index in [-0.39, 0.29) is 0 Å². The second-order valence-corrected chi connectivity index (χ2v) is 6.19. The molecule has 1 aromatic carbocycles. The average molecular weight is 282 g/mol. The normalized spacial score (nSPS) is 19.1. The highest BCUT2D eigenvalue weighted by Crippen LogP contribution is 2.38. The first-order valence-electron chi connectivity index (χ1n) is 8.25. The molecule has 0 aliphatic carbocycles. The van der Waals surface area contributed by atoms with Crippen molar-refractivity contribution in [3.05, 3.63) is 47.7 Å². The monoisotopic (exact) mass is 282 g/mol. The fraction of sp³-hybridized carbons (Fsp3) is 0.474. The van der Waals surface area contributed by atoms with Gasteiger partial charge in [0, 0.05) is 36.6 Å². The number of likely N-dealkylation sites (tertiary alicyclic amines) is 1. The molecular weight excluding hydrogens is 256 g/mol. The van der Waals surface area contributed by atoms with Crippen LogP contribution in [0.1, 0.15) is 43.7 Å². The number of aryl methyl sites for hydroxylation is 1. The third kappa shape index (κ3) is 2.72. The van der Waals surface area contributed by atoms with Crippen molar-refractivity contribution in [1.29, 1.82) is 0 Å². The SMILES string of the molecule is C=C1C=C(N2CCCCCC2)c2cc(C)ccc2N1CC. The van der Waals surface area contributed by atoms with E-state index in [0.29, 0.717) is 0 Å². The predicted octanol–water partition coefficient (Wildman–Crippen LogP) is 4.57. The summed E-state index contributed by atoms with van der Waals surface area (Å²) in [6, 6.07) is 6.80. The fourth-order valence-electron chi connectivity index (χ4n) is 3.51. The van der Waals surface area contributed by atoms with E-state index in [1.807, 2.05) is 0 Å². The minimum Gasteiger partial charge on any atom is -0.371 e. The summed E-state index contributed by atoms with van der Waals surface area (Å²) >= 11 is 0. The van der Waals surface area contributed by atoms with Crippen LogP contribution in [0.2, 0.25) is 0 Å². The first-order chi connectivity index (χ1) is 10.2. The third-order valence-corrected chi connectivity index (χ3v) is 4.63. The van der Waals surface area contributed by atoms with Crippen molar-refractivity contribution < 1.29 is 0 Å². The Hall–Kier alpha value is -1.70. The Bertz CT molecular complexity index is 563. The Balaban J connectivity index is 2.04. The third-order valence-electron chi connectivity index (χ3n) is 4.63. The van der Waals surface area contributed by atoms with Crippen molar-refractivity contribution in [2.24, 2.45) is 0 Å². The number of anilines is 1. The zero-order valence-electron chi connectivity index (χ0n) is 13.4. The molecule has 2 aliphatic heterocycles. The lowest BCUT2D eigenvalue weighted by atomic mass is 9.99. The highest BCUT2D eigenvalue weighted by molar-refractivity contribution is 5.83. The zero-order chi connectivity index (χ0) is 14.8. The van der Waals surface area contributed by atoms with Crippen LogP contribution in [0.4, 0.5) is 5.69 Å². The summed E-state index contributed by atoms with van der Waals surface area (Å²) in [5.41, 5.74) is 6.53. The van der Waals surface area contributed by atoms with E-state index in [2.05, 4.69) is 54.5 Å². The number of likely N-dealkylation sites (N-methyl/N-ethyl adjacent to an activating group) is 1. The molecule has 1 aromatic rings. The smallest absolute Gasteiger partial charge is 0.0505 e. The first-order valence-corrected chi connectivity index (χ1v) is 8.25. The molecule has 0 spiro atoms. The maximum atomic E-state index is 4.28. The van der Waals surface area contributed by atoms with Gasteiger partial charge >= 0.3 is 0 Å². The van der Waals surface area contributed by atoms with Crippen molar-refractivity contribution in [2.45, 2.75) is 39.5 Å². The topological polar surface area (TPSA) is 6.48 Å². The van der Waals surface area contributed by atoms with E-state index in [4.69, 9.17) is 0 Å². The Morgan fingerprint density at radius 1 is 1.10 bits per heavy atom. The van der Waals surface area contributed by atoms with Crippen molar-refractivity contribution in [3.8, 4) is 0 Å². The largest absolute Gasteiger partial charge is 0.371 e. The summed E-state index contributed by atoms with van der Waals surface area (Å²) in [6.07, 6.45) is 7.64. The molecule has 0 radical (unpaired) electrons. The maximum Gasteiger partial charge on any atom is 0.0505 e. The van der Waals surface area contributed by atoms with Crippen molar-refractivity contribution in [2.75, 3.05) is 24.5 Å². The van der Waals surface area contributed by atoms with E-state index >= 15 is 0 Å². The van der Waals surface area contributed by atoms with Gasteiger partial charge in [-0.05, 0) is 44.9 Å². The first kappa shape index (κ1) is 14.2. The molecule has 2 nitrogen and oxygen atoms in total. The van der Waals surface area contributed by atoms with Crippen LogP contribution >= 0.6 is 0 Å². The Labute approximate surface area is 128 Å². The molecule has 0 atom stereocenters. The number of fused-ring (bicyclic) bond motifs is 1. The van der Waals surface area contributed by atoms with Gasteiger partial charge in [0.1, 0.15) is 0 Å². The van der Waals surface area contributed by atoms with E-state index in [1.165, 1.54) is 61.3 Å². The molecule has 3 rings (SSSR count). The summed E-state index contributed by atoms with van der Waals surface area (Å²) in [5.74, 6) is 0. The van der Waals surface area contributed by atoms with Gasteiger partial charge in [0.2, 0.25) is 0 Å². The van der Waals surface area contributed by atoms with Crippen LogP contribution < -0.4 is 4.90 Å². The van der Waals surface area contributed by atoms with Gasteiger partial charge in [0.05, 0.1) is 5.69 Å². The van der Waals surface area contributed by atoms with Gasteiger partial charge < -0.3 is 9.80 Å². The van der Waals surface area contributed by atoms with Gasteiger partial charge in [0.15, 0.2) is 0 Å². The van der Waals surface area contributed by atoms with Crippen molar-refractivity contribution in [3.63, 3.8) is 0 Å². The molecule has 21 heavy (non-hydrogen) atoms. The lowest BCUT2D eigenvalue weighted by Gasteiger charge is -2.36. The van der Waals surface area contributed by atoms with Gasteiger partial charge in [0.25, 0.3) is 0 Å². The molecule has 1 fully saturated rings. The number of nitrogens with zero attached hydrogens (tertiary/aromatic N) is 2. The summed E-state index contributed by atoms with van der Waals surface area (Å²) in [5, 5.41) is 0. The van der Waals surface area contributed by atoms with E-state index < -0.39 is 0 Å². The predicted molar refractivity (Wildman–Crippen MR) is 91.4 cm³/mol. The Morgan fingerprint density at radius 3 is 2.48 bits per heavy atom.